The van der Waals surface area contributed by atoms with Crippen LogP contribution in [0, 0.1) is 17.6 Å². The van der Waals surface area contributed by atoms with Gasteiger partial charge in [0.05, 0.1) is 0 Å². The quantitative estimate of drug-likeness (QED) is 0.808. The highest BCUT2D eigenvalue weighted by Gasteiger charge is 2.21. The standard InChI is InChI=1S/C14H17F2NO/c1-9(13-7-11(15)3-5-14(13)16)17-12-4-2-10(6-12)8-18/h2-5,7,9-10,12,17-18H,6,8H2,1H3/t9-,10-,12+/m0/s1. The Balaban J connectivity index is 2.02. The summed E-state index contributed by atoms with van der Waals surface area (Å²) in [6.45, 7) is 1.93. The van der Waals surface area contributed by atoms with E-state index in [0.29, 0.717) is 5.56 Å². The van der Waals surface area contributed by atoms with Crippen molar-refractivity contribution in [2.75, 3.05) is 6.61 Å². The number of hydrogen-bond donors (Lipinski definition) is 2. The van der Waals surface area contributed by atoms with E-state index in [1.54, 1.807) is 6.92 Å². The molecule has 0 saturated carbocycles. The first kappa shape index (κ1) is 13.2. The Labute approximate surface area is 105 Å². The van der Waals surface area contributed by atoms with Crippen molar-refractivity contribution in [1.29, 1.82) is 0 Å². The van der Waals surface area contributed by atoms with Crippen molar-refractivity contribution in [2.45, 2.75) is 25.4 Å². The van der Waals surface area contributed by atoms with Gasteiger partial charge in [-0.1, -0.05) is 12.2 Å². The van der Waals surface area contributed by atoms with Crippen LogP contribution in [0.25, 0.3) is 0 Å². The molecule has 1 aromatic rings. The number of hydrogen-bond acceptors (Lipinski definition) is 2. The average molecular weight is 253 g/mol. The molecule has 0 heterocycles. The molecule has 0 saturated heterocycles. The summed E-state index contributed by atoms with van der Waals surface area (Å²) in [7, 11) is 0. The zero-order valence-corrected chi connectivity index (χ0v) is 10.2. The highest BCUT2D eigenvalue weighted by atomic mass is 19.1. The summed E-state index contributed by atoms with van der Waals surface area (Å²) in [6.07, 6.45) is 4.71. The molecule has 2 rings (SSSR count). The van der Waals surface area contributed by atoms with Crippen LogP contribution in [0.15, 0.2) is 30.4 Å². The zero-order chi connectivity index (χ0) is 13.1. The molecular weight excluding hydrogens is 236 g/mol. The fourth-order valence-corrected chi connectivity index (χ4v) is 2.29. The first-order valence-electron chi connectivity index (χ1n) is 6.10. The molecule has 2 nitrogen and oxygen atoms in total. The van der Waals surface area contributed by atoms with E-state index in [-0.39, 0.29) is 24.6 Å². The van der Waals surface area contributed by atoms with Gasteiger partial charge in [-0.3, -0.25) is 0 Å². The molecule has 3 atom stereocenters. The SMILES string of the molecule is C[C@H](N[C@@H]1C=C[C@H](CO)C1)c1cc(F)ccc1F. The van der Waals surface area contributed by atoms with E-state index in [0.717, 1.165) is 18.6 Å². The van der Waals surface area contributed by atoms with Crippen molar-refractivity contribution in [2.24, 2.45) is 5.92 Å². The fraction of sp³-hybridized carbons (Fsp3) is 0.429. The van der Waals surface area contributed by atoms with Crippen LogP contribution in [0.2, 0.25) is 0 Å². The Kier molecular flexibility index (Phi) is 4.09. The van der Waals surface area contributed by atoms with Gasteiger partial charge in [0, 0.05) is 30.2 Å². The normalized spacial score (nSPS) is 24.4. The van der Waals surface area contributed by atoms with Crippen molar-refractivity contribution in [3.63, 3.8) is 0 Å². The first-order chi connectivity index (χ1) is 8.60. The van der Waals surface area contributed by atoms with E-state index in [1.165, 1.54) is 6.07 Å². The third-order valence-electron chi connectivity index (χ3n) is 3.30. The second kappa shape index (κ2) is 5.59. The number of rotatable bonds is 4. The molecule has 1 aromatic carbocycles. The molecule has 0 bridgehead atoms. The minimum absolute atomic E-state index is 0.0971. The molecule has 4 heteroatoms. The summed E-state index contributed by atoms with van der Waals surface area (Å²) >= 11 is 0. The lowest BCUT2D eigenvalue weighted by Crippen LogP contribution is -2.30. The Morgan fingerprint density at radius 3 is 2.83 bits per heavy atom. The van der Waals surface area contributed by atoms with E-state index in [9.17, 15) is 8.78 Å². The summed E-state index contributed by atoms with van der Waals surface area (Å²) in [4.78, 5) is 0. The van der Waals surface area contributed by atoms with E-state index in [4.69, 9.17) is 5.11 Å². The smallest absolute Gasteiger partial charge is 0.128 e. The van der Waals surface area contributed by atoms with Gasteiger partial charge < -0.3 is 10.4 Å². The van der Waals surface area contributed by atoms with E-state index in [1.807, 2.05) is 12.2 Å². The monoisotopic (exact) mass is 253 g/mol. The van der Waals surface area contributed by atoms with Crippen LogP contribution in [0.1, 0.15) is 24.9 Å². The van der Waals surface area contributed by atoms with E-state index in [2.05, 4.69) is 5.32 Å². The van der Waals surface area contributed by atoms with Gasteiger partial charge in [-0.25, -0.2) is 8.78 Å². The Morgan fingerprint density at radius 1 is 1.39 bits per heavy atom. The summed E-state index contributed by atoms with van der Waals surface area (Å²) < 4.78 is 26.7. The lowest BCUT2D eigenvalue weighted by molar-refractivity contribution is 0.245. The maximum Gasteiger partial charge on any atom is 0.128 e. The second-order valence-electron chi connectivity index (χ2n) is 4.72. The Bertz CT molecular complexity index is 447. The van der Waals surface area contributed by atoms with Crippen LogP contribution in [-0.4, -0.2) is 17.8 Å². The van der Waals surface area contributed by atoms with Crippen LogP contribution in [0.4, 0.5) is 8.78 Å². The predicted molar refractivity (Wildman–Crippen MR) is 66.0 cm³/mol. The summed E-state index contributed by atoms with van der Waals surface area (Å²) in [5.74, 6) is -0.681. The number of benzene rings is 1. The van der Waals surface area contributed by atoms with Gasteiger partial charge in [0.25, 0.3) is 0 Å². The minimum atomic E-state index is -0.435. The van der Waals surface area contributed by atoms with E-state index >= 15 is 0 Å². The molecule has 0 amide bonds. The number of aliphatic hydroxyl groups is 1. The maximum atomic E-state index is 13.6. The number of nitrogens with one attached hydrogen (secondary N) is 1. The zero-order valence-electron chi connectivity index (χ0n) is 10.2. The van der Waals surface area contributed by atoms with Crippen LogP contribution in [0.5, 0.6) is 0 Å². The third kappa shape index (κ3) is 2.94. The molecule has 2 N–H and O–H groups in total. The molecule has 0 fully saturated rings. The van der Waals surface area contributed by atoms with Crippen molar-refractivity contribution in [3.05, 3.63) is 47.5 Å². The van der Waals surface area contributed by atoms with Gasteiger partial charge in [0.15, 0.2) is 0 Å². The molecule has 0 aromatic heterocycles. The highest BCUT2D eigenvalue weighted by molar-refractivity contribution is 5.22. The lowest BCUT2D eigenvalue weighted by atomic mass is 10.0. The van der Waals surface area contributed by atoms with Crippen molar-refractivity contribution in [1.82, 2.24) is 5.32 Å². The highest BCUT2D eigenvalue weighted by Crippen LogP contribution is 2.23. The van der Waals surface area contributed by atoms with Gasteiger partial charge in [-0.15, -0.1) is 0 Å². The molecule has 0 aliphatic heterocycles. The predicted octanol–water partition coefficient (Wildman–Crippen LogP) is 2.55. The van der Waals surface area contributed by atoms with Crippen LogP contribution in [-0.2, 0) is 0 Å². The summed E-state index contributed by atoms with van der Waals surface area (Å²) in [5, 5.41) is 12.2. The van der Waals surface area contributed by atoms with Gasteiger partial charge in [-0.2, -0.15) is 0 Å². The molecule has 0 unspecified atom stereocenters. The average Bonchev–Trinajstić information content (AvgIpc) is 2.80. The summed E-state index contributed by atoms with van der Waals surface area (Å²) in [6, 6.07) is 3.30. The molecule has 98 valence electrons. The van der Waals surface area contributed by atoms with Gasteiger partial charge >= 0.3 is 0 Å². The molecule has 0 spiro atoms. The number of aliphatic hydroxyl groups excluding tert-OH is 1. The Hall–Kier alpha value is -1.26. The van der Waals surface area contributed by atoms with Gasteiger partial charge in [0.2, 0.25) is 0 Å². The lowest BCUT2D eigenvalue weighted by Gasteiger charge is -2.20. The van der Waals surface area contributed by atoms with E-state index < -0.39 is 11.6 Å². The fourth-order valence-electron chi connectivity index (χ4n) is 2.29. The largest absolute Gasteiger partial charge is 0.396 e. The van der Waals surface area contributed by atoms with Crippen LogP contribution in [0.3, 0.4) is 0 Å². The number of halogens is 2. The summed E-state index contributed by atoms with van der Waals surface area (Å²) in [5.41, 5.74) is 0.329. The molecular formula is C14H17F2NO. The van der Waals surface area contributed by atoms with Crippen LogP contribution < -0.4 is 5.32 Å². The van der Waals surface area contributed by atoms with Crippen molar-refractivity contribution in [3.8, 4) is 0 Å². The van der Waals surface area contributed by atoms with Gasteiger partial charge in [-0.05, 0) is 31.5 Å². The minimum Gasteiger partial charge on any atom is -0.396 e. The molecule has 18 heavy (non-hydrogen) atoms. The third-order valence-corrected chi connectivity index (χ3v) is 3.30. The Morgan fingerprint density at radius 2 is 2.17 bits per heavy atom. The van der Waals surface area contributed by atoms with Crippen LogP contribution >= 0.6 is 0 Å². The topological polar surface area (TPSA) is 32.3 Å². The van der Waals surface area contributed by atoms with Crippen molar-refractivity contribution < 1.29 is 13.9 Å². The second-order valence-corrected chi connectivity index (χ2v) is 4.72. The maximum absolute atomic E-state index is 13.6. The van der Waals surface area contributed by atoms with Gasteiger partial charge in [0.1, 0.15) is 11.6 Å². The molecule has 1 aliphatic rings. The molecule has 1 aliphatic carbocycles. The first-order valence-corrected chi connectivity index (χ1v) is 6.10. The van der Waals surface area contributed by atoms with Crippen molar-refractivity contribution >= 4 is 0 Å². The molecule has 0 radical (unpaired) electrons.